The van der Waals surface area contributed by atoms with E-state index in [0.29, 0.717) is 22.0 Å². The highest BCUT2D eigenvalue weighted by molar-refractivity contribution is 7.17. The van der Waals surface area contributed by atoms with Crippen LogP contribution in [0.2, 0.25) is 0 Å². The van der Waals surface area contributed by atoms with Gasteiger partial charge in [0.1, 0.15) is 5.00 Å². The lowest BCUT2D eigenvalue weighted by atomic mass is 9.87. The first kappa shape index (κ1) is 15.7. The van der Waals surface area contributed by atoms with Crippen molar-refractivity contribution in [1.82, 2.24) is 0 Å². The van der Waals surface area contributed by atoms with Crippen molar-refractivity contribution in [2.45, 2.75) is 33.1 Å². The van der Waals surface area contributed by atoms with E-state index >= 15 is 0 Å². The Morgan fingerprint density at radius 3 is 2.61 bits per heavy atom. The van der Waals surface area contributed by atoms with Gasteiger partial charge in [0.25, 0.3) is 11.8 Å². The molecule has 3 N–H and O–H groups in total. The summed E-state index contributed by atoms with van der Waals surface area (Å²) >= 11 is 1.49. The van der Waals surface area contributed by atoms with Crippen LogP contribution in [-0.2, 0) is 12.8 Å². The zero-order chi connectivity index (χ0) is 16.6. The van der Waals surface area contributed by atoms with Gasteiger partial charge in [0.2, 0.25) is 0 Å². The van der Waals surface area contributed by atoms with Gasteiger partial charge in [-0.05, 0) is 49.8 Å². The van der Waals surface area contributed by atoms with Crippen molar-refractivity contribution in [1.29, 1.82) is 0 Å². The first-order valence-corrected chi connectivity index (χ1v) is 8.59. The second kappa shape index (κ2) is 6.16. The maximum Gasteiger partial charge on any atom is 0.256 e. The number of carbonyl (C=O) groups excluding carboxylic acids is 2. The van der Waals surface area contributed by atoms with E-state index in [-0.39, 0.29) is 5.91 Å². The maximum absolute atomic E-state index is 12.4. The molecule has 0 saturated heterocycles. The first-order chi connectivity index (χ1) is 11.0. The van der Waals surface area contributed by atoms with E-state index in [4.69, 9.17) is 5.73 Å². The van der Waals surface area contributed by atoms with Crippen molar-refractivity contribution in [3.8, 4) is 0 Å². The van der Waals surface area contributed by atoms with Crippen molar-refractivity contribution >= 4 is 28.2 Å². The van der Waals surface area contributed by atoms with Crippen molar-refractivity contribution in [2.75, 3.05) is 5.32 Å². The van der Waals surface area contributed by atoms with Gasteiger partial charge in [-0.3, -0.25) is 9.59 Å². The standard InChI is InChI=1S/C18H20N2O2S/c1-10-3-6-12(7-4-10)17(22)20-18-15(16(19)21)13-9-11(2)5-8-14(13)23-18/h3-4,6-7,11H,5,8-9H2,1-2H3,(H2,19,21)(H,20,22)/t11-/m0/s1. The number of primary amides is 1. The molecule has 1 heterocycles. The molecule has 0 fully saturated rings. The van der Waals surface area contributed by atoms with E-state index < -0.39 is 5.91 Å². The molecule has 1 aromatic heterocycles. The molecule has 0 spiro atoms. The lowest BCUT2D eigenvalue weighted by Gasteiger charge is -2.18. The van der Waals surface area contributed by atoms with Crippen LogP contribution in [-0.4, -0.2) is 11.8 Å². The number of hydrogen-bond donors (Lipinski definition) is 2. The van der Waals surface area contributed by atoms with E-state index in [1.165, 1.54) is 16.2 Å². The van der Waals surface area contributed by atoms with Crippen molar-refractivity contribution < 1.29 is 9.59 Å². The van der Waals surface area contributed by atoms with E-state index in [2.05, 4.69) is 12.2 Å². The molecular weight excluding hydrogens is 308 g/mol. The number of amides is 2. The lowest BCUT2D eigenvalue weighted by molar-refractivity contribution is 0.1000. The molecule has 0 saturated carbocycles. The second-order valence-corrected chi connectivity index (χ2v) is 7.35. The fourth-order valence-corrected chi connectivity index (χ4v) is 4.23. The van der Waals surface area contributed by atoms with E-state index in [1.54, 1.807) is 12.1 Å². The van der Waals surface area contributed by atoms with Crippen LogP contribution in [0.5, 0.6) is 0 Å². The van der Waals surface area contributed by atoms with Crippen LogP contribution in [0, 0.1) is 12.8 Å². The third-order valence-electron chi connectivity index (χ3n) is 4.29. The van der Waals surface area contributed by atoms with Crippen molar-refractivity contribution in [3.05, 3.63) is 51.4 Å². The summed E-state index contributed by atoms with van der Waals surface area (Å²) < 4.78 is 0. The second-order valence-electron chi connectivity index (χ2n) is 6.24. The molecule has 1 aliphatic carbocycles. The molecule has 1 aromatic carbocycles. The molecule has 0 radical (unpaired) electrons. The number of hydrogen-bond acceptors (Lipinski definition) is 3. The SMILES string of the molecule is Cc1ccc(C(=O)Nc2sc3c(c2C(N)=O)C[C@@H](C)CC3)cc1. The molecule has 4 nitrogen and oxygen atoms in total. The van der Waals surface area contributed by atoms with E-state index in [0.717, 1.165) is 30.4 Å². The fraction of sp³-hybridized carbons (Fsp3) is 0.333. The molecule has 1 atom stereocenters. The Kier molecular flexibility index (Phi) is 4.22. The summed E-state index contributed by atoms with van der Waals surface area (Å²) in [4.78, 5) is 25.5. The first-order valence-electron chi connectivity index (χ1n) is 7.78. The third-order valence-corrected chi connectivity index (χ3v) is 5.50. The average Bonchev–Trinajstić information content (AvgIpc) is 2.84. The minimum absolute atomic E-state index is 0.209. The summed E-state index contributed by atoms with van der Waals surface area (Å²) in [6.45, 7) is 4.15. The Morgan fingerprint density at radius 1 is 1.26 bits per heavy atom. The number of anilines is 1. The largest absolute Gasteiger partial charge is 0.365 e. The summed E-state index contributed by atoms with van der Waals surface area (Å²) in [5.41, 5.74) is 8.78. The summed E-state index contributed by atoms with van der Waals surface area (Å²) in [7, 11) is 0. The van der Waals surface area contributed by atoms with Gasteiger partial charge in [0.15, 0.2) is 0 Å². The topological polar surface area (TPSA) is 72.2 Å². The number of nitrogens with two attached hydrogens (primary N) is 1. The van der Waals surface area contributed by atoms with Crippen molar-refractivity contribution in [3.63, 3.8) is 0 Å². The number of fused-ring (bicyclic) bond motifs is 1. The third kappa shape index (κ3) is 3.15. The summed E-state index contributed by atoms with van der Waals surface area (Å²) in [6, 6.07) is 7.35. The minimum atomic E-state index is -0.462. The van der Waals surface area contributed by atoms with Crippen LogP contribution in [0.1, 0.15) is 50.1 Å². The Hall–Kier alpha value is -2.14. The van der Waals surface area contributed by atoms with Gasteiger partial charge in [0.05, 0.1) is 5.56 Å². The molecule has 5 heteroatoms. The van der Waals surface area contributed by atoms with E-state index in [9.17, 15) is 9.59 Å². The molecule has 0 aliphatic heterocycles. The maximum atomic E-state index is 12.4. The lowest BCUT2D eigenvalue weighted by Crippen LogP contribution is -2.19. The number of carbonyl (C=O) groups is 2. The summed E-state index contributed by atoms with van der Waals surface area (Å²) in [5.74, 6) is -0.134. The summed E-state index contributed by atoms with van der Waals surface area (Å²) in [5, 5.41) is 3.46. The number of rotatable bonds is 3. The smallest absolute Gasteiger partial charge is 0.256 e. The van der Waals surface area contributed by atoms with Gasteiger partial charge in [0, 0.05) is 10.4 Å². The highest BCUT2D eigenvalue weighted by Crippen LogP contribution is 2.39. The van der Waals surface area contributed by atoms with Crippen molar-refractivity contribution in [2.24, 2.45) is 11.7 Å². The normalized spacial score (nSPS) is 16.7. The molecule has 2 amide bonds. The molecular formula is C18H20N2O2S. The van der Waals surface area contributed by atoms with Gasteiger partial charge in [-0.15, -0.1) is 11.3 Å². The van der Waals surface area contributed by atoms with E-state index in [1.807, 2.05) is 19.1 Å². The Bertz CT molecular complexity index is 762. The van der Waals surface area contributed by atoms with Crippen LogP contribution < -0.4 is 11.1 Å². The predicted molar refractivity (Wildman–Crippen MR) is 93.2 cm³/mol. The average molecular weight is 328 g/mol. The van der Waals surface area contributed by atoms with Gasteiger partial charge in [-0.1, -0.05) is 24.6 Å². The molecule has 2 aromatic rings. The number of aryl methyl sites for hydroxylation is 2. The Balaban J connectivity index is 1.92. The number of thiophene rings is 1. The number of benzene rings is 1. The molecule has 0 bridgehead atoms. The quantitative estimate of drug-likeness (QED) is 0.904. The van der Waals surface area contributed by atoms with Gasteiger partial charge >= 0.3 is 0 Å². The minimum Gasteiger partial charge on any atom is -0.365 e. The molecule has 0 unspecified atom stereocenters. The molecule has 1 aliphatic rings. The highest BCUT2D eigenvalue weighted by Gasteiger charge is 2.27. The molecule has 120 valence electrons. The van der Waals surface area contributed by atoms with Crippen LogP contribution in [0.3, 0.4) is 0 Å². The highest BCUT2D eigenvalue weighted by atomic mass is 32.1. The van der Waals surface area contributed by atoms with Crippen LogP contribution in [0.15, 0.2) is 24.3 Å². The molecule has 23 heavy (non-hydrogen) atoms. The monoisotopic (exact) mass is 328 g/mol. The Labute approximate surface area is 139 Å². The zero-order valence-electron chi connectivity index (χ0n) is 13.3. The predicted octanol–water partition coefficient (Wildman–Crippen LogP) is 3.53. The van der Waals surface area contributed by atoms with Gasteiger partial charge < -0.3 is 11.1 Å². The van der Waals surface area contributed by atoms with Crippen LogP contribution >= 0.6 is 11.3 Å². The fourth-order valence-electron chi connectivity index (χ4n) is 2.99. The van der Waals surface area contributed by atoms with Crippen LogP contribution in [0.25, 0.3) is 0 Å². The van der Waals surface area contributed by atoms with Gasteiger partial charge in [-0.25, -0.2) is 0 Å². The zero-order valence-corrected chi connectivity index (χ0v) is 14.1. The summed E-state index contributed by atoms with van der Waals surface area (Å²) in [6.07, 6.45) is 2.91. The number of nitrogens with one attached hydrogen (secondary N) is 1. The molecule has 3 rings (SSSR count). The Morgan fingerprint density at radius 2 is 1.96 bits per heavy atom. The van der Waals surface area contributed by atoms with Gasteiger partial charge in [-0.2, -0.15) is 0 Å². The van der Waals surface area contributed by atoms with Crippen LogP contribution in [0.4, 0.5) is 5.00 Å².